The predicted octanol–water partition coefficient (Wildman–Crippen LogP) is 2.64. The minimum Gasteiger partial charge on any atom is -0.507 e. The number of nitrogens with zero attached hydrogens (tertiary/aromatic N) is 3. The van der Waals surface area contributed by atoms with Crippen molar-refractivity contribution in [2.24, 2.45) is 5.92 Å². The minimum absolute atomic E-state index is 0.00132. The number of carbonyl (C=O) groups is 1. The molecule has 1 aliphatic heterocycles. The van der Waals surface area contributed by atoms with Gasteiger partial charge in [-0.05, 0) is 64.4 Å². The zero-order valence-electron chi connectivity index (χ0n) is 17.3. The molecule has 156 valence electrons. The van der Waals surface area contributed by atoms with Gasteiger partial charge in [-0.1, -0.05) is 6.07 Å². The molecule has 3 heterocycles. The van der Waals surface area contributed by atoms with Gasteiger partial charge in [0.25, 0.3) is 5.56 Å². The molecule has 1 saturated heterocycles. The number of carbonyl (C=O) groups excluding carboxylic acids is 1. The first-order valence-electron chi connectivity index (χ1n) is 10.2. The van der Waals surface area contributed by atoms with Crippen molar-refractivity contribution in [1.29, 1.82) is 0 Å². The number of rotatable bonds is 6. The number of aromatic nitrogens is 2. The third-order valence-corrected chi connectivity index (χ3v) is 5.63. The fourth-order valence-corrected chi connectivity index (χ4v) is 4.17. The summed E-state index contributed by atoms with van der Waals surface area (Å²) in [4.78, 5) is 31.7. The molecular formula is C22H29N3O4. The highest BCUT2D eigenvalue weighted by Gasteiger charge is 2.34. The summed E-state index contributed by atoms with van der Waals surface area (Å²) < 4.78 is 6.84. The van der Waals surface area contributed by atoms with E-state index in [2.05, 4.69) is 9.88 Å². The van der Waals surface area contributed by atoms with Gasteiger partial charge in [0.2, 0.25) is 0 Å². The molecule has 0 saturated carbocycles. The van der Waals surface area contributed by atoms with E-state index in [-0.39, 0.29) is 23.2 Å². The van der Waals surface area contributed by atoms with E-state index < -0.39 is 6.04 Å². The molecule has 1 atom stereocenters. The monoisotopic (exact) mass is 399 g/mol. The standard InChI is InChI=1S/C22H29N3O4/c1-4-25-15(3)13-18(26)19(21(25)27)20(17-7-6-10-23-14-17)24-11-8-16(9-12-24)22(28)29-5-2/h6-7,10,13-14,16,20,26H,4-5,8-9,11-12H2,1-3H3. The van der Waals surface area contributed by atoms with Gasteiger partial charge in [-0.2, -0.15) is 0 Å². The van der Waals surface area contributed by atoms with Crippen LogP contribution in [-0.4, -0.2) is 45.2 Å². The minimum atomic E-state index is -0.419. The molecule has 1 N–H and O–H groups in total. The highest BCUT2D eigenvalue weighted by Crippen LogP contribution is 2.35. The summed E-state index contributed by atoms with van der Waals surface area (Å²) in [7, 11) is 0. The summed E-state index contributed by atoms with van der Waals surface area (Å²) in [6.07, 6.45) is 4.73. The lowest BCUT2D eigenvalue weighted by Crippen LogP contribution is -2.42. The largest absolute Gasteiger partial charge is 0.507 e. The molecule has 0 spiro atoms. The maximum absolute atomic E-state index is 13.2. The van der Waals surface area contributed by atoms with Crippen molar-refractivity contribution in [2.75, 3.05) is 19.7 Å². The fourth-order valence-electron chi connectivity index (χ4n) is 4.17. The van der Waals surface area contributed by atoms with Gasteiger partial charge in [-0.3, -0.25) is 19.5 Å². The summed E-state index contributed by atoms with van der Waals surface area (Å²) >= 11 is 0. The van der Waals surface area contributed by atoms with Crippen LogP contribution in [0.3, 0.4) is 0 Å². The topological polar surface area (TPSA) is 84.7 Å². The Balaban J connectivity index is 1.99. The Hall–Kier alpha value is -2.67. The normalized spacial score (nSPS) is 16.5. The zero-order valence-corrected chi connectivity index (χ0v) is 17.3. The molecule has 7 heteroatoms. The second-order valence-corrected chi connectivity index (χ2v) is 7.39. The van der Waals surface area contributed by atoms with Crippen molar-refractivity contribution in [3.8, 4) is 5.75 Å². The Morgan fingerprint density at radius 3 is 2.66 bits per heavy atom. The quantitative estimate of drug-likeness (QED) is 0.752. The number of hydrogen-bond donors (Lipinski definition) is 1. The van der Waals surface area contributed by atoms with Crippen LogP contribution in [0.25, 0.3) is 0 Å². The van der Waals surface area contributed by atoms with Gasteiger partial charge in [0, 0.05) is 24.6 Å². The maximum Gasteiger partial charge on any atom is 0.309 e. The van der Waals surface area contributed by atoms with Gasteiger partial charge in [0.05, 0.1) is 24.1 Å². The van der Waals surface area contributed by atoms with E-state index in [4.69, 9.17) is 4.74 Å². The average molecular weight is 399 g/mol. The molecule has 0 bridgehead atoms. The molecule has 0 aliphatic carbocycles. The summed E-state index contributed by atoms with van der Waals surface area (Å²) in [6.45, 7) is 7.71. The van der Waals surface area contributed by atoms with E-state index in [1.54, 1.807) is 23.0 Å². The smallest absolute Gasteiger partial charge is 0.309 e. The van der Waals surface area contributed by atoms with E-state index in [0.717, 1.165) is 11.3 Å². The van der Waals surface area contributed by atoms with Crippen LogP contribution in [0.15, 0.2) is 35.4 Å². The molecule has 29 heavy (non-hydrogen) atoms. The first kappa shape index (κ1) is 21.0. The van der Waals surface area contributed by atoms with Crippen LogP contribution < -0.4 is 5.56 Å². The number of likely N-dealkylation sites (tertiary alicyclic amines) is 1. The van der Waals surface area contributed by atoms with Gasteiger partial charge >= 0.3 is 5.97 Å². The van der Waals surface area contributed by atoms with E-state index >= 15 is 0 Å². The Morgan fingerprint density at radius 2 is 2.07 bits per heavy atom. The number of ether oxygens (including phenoxy) is 1. The molecular weight excluding hydrogens is 370 g/mol. The number of pyridine rings is 2. The molecule has 0 amide bonds. The lowest BCUT2D eigenvalue weighted by Gasteiger charge is -2.37. The highest BCUT2D eigenvalue weighted by atomic mass is 16.5. The van der Waals surface area contributed by atoms with Crippen molar-refractivity contribution >= 4 is 5.97 Å². The van der Waals surface area contributed by atoms with Gasteiger partial charge in [0.15, 0.2) is 0 Å². The number of piperidine rings is 1. The number of aryl methyl sites for hydroxylation is 1. The molecule has 3 rings (SSSR count). The van der Waals surface area contributed by atoms with E-state index in [0.29, 0.717) is 44.6 Å². The van der Waals surface area contributed by atoms with Crippen LogP contribution in [-0.2, 0) is 16.1 Å². The van der Waals surface area contributed by atoms with Crippen molar-refractivity contribution in [3.63, 3.8) is 0 Å². The SMILES string of the molecule is CCOC(=O)C1CCN(C(c2cccnc2)c2c(O)cc(C)n(CC)c2=O)CC1. The van der Waals surface area contributed by atoms with Crippen LogP contribution in [0.2, 0.25) is 0 Å². The van der Waals surface area contributed by atoms with Crippen LogP contribution in [0.4, 0.5) is 0 Å². The van der Waals surface area contributed by atoms with Crippen molar-refractivity contribution in [1.82, 2.24) is 14.5 Å². The fraction of sp³-hybridized carbons (Fsp3) is 0.500. The Labute approximate surface area is 171 Å². The van der Waals surface area contributed by atoms with Gasteiger partial charge in [-0.15, -0.1) is 0 Å². The van der Waals surface area contributed by atoms with E-state index in [1.807, 2.05) is 32.9 Å². The number of hydrogen-bond acceptors (Lipinski definition) is 6. The Bertz CT molecular complexity index is 902. The summed E-state index contributed by atoms with van der Waals surface area (Å²) in [5.41, 5.74) is 1.75. The third kappa shape index (κ3) is 4.34. The first-order valence-corrected chi connectivity index (χ1v) is 10.2. The molecule has 0 radical (unpaired) electrons. The summed E-state index contributed by atoms with van der Waals surface area (Å²) in [5, 5.41) is 10.7. The molecule has 1 unspecified atom stereocenters. The van der Waals surface area contributed by atoms with Crippen LogP contribution in [0, 0.1) is 12.8 Å². The highest BCUT2D eigenvalue weighted by molar-refractivity contribution is 5.72. The number of aromatic hydroxyl groups is 1. The summed E-state index contributed by atoms with van der Waals surface area (Å²) in [6, 6.07) is 4.98. The Kier molecular flexibility index (Phi) is 6.69. The predicted molar refractivity (Wildman–Crippen MR) is 110 cm³/mol. The van der Waals surface area contributed by atoms with Crippen molar-refractivity contribution in [3.05, 3.63) is 57.8 Å². The van der Waals surface area contributed by atoms with Gasteiger partial charge in [-0.25, -0.2) is 0 Å². The third-order valence-electron chi connectivity index (χ3n) is 5.63. The average Bonchev–Trinajstić information content (AvgIpc) is 2.72. The molecule has 2 aromatic rings. The second-order valence-electron chi connectivity index (χ2n) is 7.39. The number of esters is 1. The van der Waals surface area contributed by atoms with Crippen molar-refractivity contribution in [2.45, 2.75) is 46.2 Å². The summed E-state index contributed by atoms with van der Waals surface area (Å²) in [5.74, 6) is -0.283. The Morgan fingerprint density at radius 1 is 1.34 bits per heavy atom. The molecule has 1 aliphatic rings. The van der Waals surface area contributed by atoms with Gasteiger partial charge in [0.1, 0.15) is 5.75 Å². The van der Waals surface area contributed by atoms with Gasteiger partial charge < -0.3 is 14.4 Å². The first-order chi connectivity index (χ1) is 14.0. The maximum atomic E-state index is 13.2. The lowest BCUT2D eigenvalue weighted by atomic mass is 9.91. The second kappa shape index (κ2) is 9.22. The van der Waals surface area contributed by atoms with Crippen molar-refractivity contribution < 1.29 is 14.6 Å². The van der Waals surface area contributed by atoms with E-state index in [9.17, 15) is 14.7 Å². The molecule has 0 aromatic carbocycles. The zero-order chi connectivity index (χ0) is 21.0. The molecule has 2 aromatic heterocycles. The van der Waals surface area contributed by atoms with Crippen LogP contribution in [0.1, 0.15) is 49.6 Å². The van der Waals surface area contributed by atoms with Crippen LogP contribution >= 0.6 is 0 Å². The lowest BCUT2D eigenvalue weighted by molar-refractivity contribution is -0.149. The van der Waals surface area contributed by atoms with Crippen LogP contribution in [0.5, 0.6) is 5.75 Å². The molecule has 1 fully saturated rings. The van der Waals surface area contributed by atoms with E-state index in [1.165, 1.54) is 0 Å². The molecule has 7 nitrogen and oxygen atoms in total.